The molecule has 0 bridgehead atoms. The Labute approximate surface area is 149 Å². The van der Waals surface area contributed by atoms with E-state index in [2.05, 4.69) is 10.2 Å². The van der Waals surface area contributed by atoms with Crippen LogP contribution in [0.25, 0.3) is 0 Å². The molecule has 1 N–H and O–H groups in total. The summed E-state index contributed by atoms with van der Waals surface area (Å²) in [5.74, 6) is 1.58. The molecule has 6 heteroatoms. The number of piperazine rings is 1. The average molecular weight is 347 g/mol. The van der Waals surface area contributed by atoms with Crippen molar-refractivity contribution in [1.82, 2.24) is 15.1 Å². The van der Waals surface area contributed by atoms with Crippen LogP contribution >= 0.6 is 0 Å². The summed E-state index contributed by atoms with van der Waals surface area (Å²) >= 11 is 0. The fraction of sp³-hybridized carbons (Fsp3) is 0.684. The quantitative estimate of drug-likeness (QED) is 0.906. The third-order valence-corrected chi connectivity index (χ3v) is 5.50. The molecule has 2 heterocycles. The normalized spacial score (nSPS) is 20.7. The zero-order valence-electron chi connectivity index (χ0n) is 15.5. The van der Waals surface area contributed by atoms with E-state index in [1.54, 1.807) is 0 Å². The second-order valence-electron chi connectivity index (χ2n) is 7.32. The monoisotopic (exact) mass is 347 g/mol. The van der Waals surface area contributed by atoms with Crippen molar-refractivity contribution >= 4 is 11.8 Å². The number of aryl methyl sites for hydroxylation is 2. The second-order valence-corrected chi connectivity index (χ2v) is 7.32. The van der Waals surface area contributed by atoms with Crippen LogP contribution in [-0.2, 0) is 4.79 Å². The lowest BCUT2D eigenvalue weighted by molar-refractivity contribution is -0.127. The van der Waals surface area contributed by atoms with E-state index in [9.17, 15) is 9.59 Å². The Balaban J connectivity index is 1.51. The Kier molecular flexibility index (Phi) is 5.47. The standard InChI is InChI=1S/C19H29N3O3/c1-13-12-17(15(3)25-13)19(24)22-10-8-21(9-11-22)14(2)18(23)20-16-6-4-5-7-16/h12,14,16H,4-11H2,1-3H3,(H,20,23). The molecule has 1 aromatic rings. The van der Waals surface area contributed by atoms with E-state index in [0.717, 1.165) is 31.7 Å². The Morgan fingerprint density at radius 2 is 1.80 bits per heavy atom. The lowest BCUT2D eigenvalue weighted by Crippen LogP contribution is -2.55. The van der Waals surface area contributed by atoms with Crippen LogP contribution in [-0.4, -0.2) is 59.9 Å². The summed E-state index contributed by atoms with van der Waals surface area (Å²) in [5.41, 5.74) is 0.651. The molecule has 3 rings (SSSR count). The fourth-order valence-corrected chi connectivity index (χ4v) is 3.88. The number of carbonyl (C=O) groups excluding carboxylic acids is 2. The van der Waals surface area contributed by atoms with Gasteiger partial charge in [-0.1, -0.05) is 12.8 Å². The average Bonchev–Trinajstić information content (AvgIpc) is 3.22. The number of nitrogens with zero attached hydrogens (tertiary/aromatic N) is 2. The number of nitrogens with one attached hydrogen (secondary N) is 1. The highest BCUT2D eigenvalue weighted by Gasteiger charge is 2.30. The van der Waals surface area contributed by atoms with Crippen LogP contribution in [0.5, 0.6) is 0 Å². The predicted molar refractivity (Wildman–Crippen MR) is 95.5 cm³/mol. The Morgan fingerprint density at radius 1 is 1.16 bits per heavy atom. The van der Waals surface area contributed by atoms with Gasteiger partial charge in [0, 0.05) is 32.2 Å². The third-order valence-electron chi connectivity index (χ3n) is 5.50. The minimum Gasteiger partial charge on any atom is -0.466 e. The molecular formula is C19H29N3O3. The zero-order chi connectivity index (χ0) is 18.0. The minimum absolute atomic E-state index is 0.0251. The first-order chi connectivity index (χ1) is 12.0. The van der Waals surface area contributed by atoms with Gasteiger partial charge in [0.2, 0.25) is 5.91 Å². The molecule has 1 aliphatic carbocycles. The summed E-state index contributed by atoms with van der Waals surface area (Å²) in [4.78, 5) is 29.1. The van der Waals surface area contributed by atoms with E-state index in [-0.39, 0.29) is 17.9 Å². The van der Waals surface area contributed by atoms with E-state index in [1.165, 1.54) is 12.8 Å². The van der Waals surface area contributed by atoms with Gasteiger partial charge in [-0.15, -0.1) is 0 Å². The van der Waals surface area contributed by atoms with E-state index in [0.29, 0.717) is 30.5 Å². The second kappa shape index (κ2) is 7.60. The van der Waals surface area contributed by atoms with Crippen LogP contribution in [0.3, 0.4) is 0 Å². The maximum atomic E-state index is 12.6. The van der Waals surface area contributed by atoms with Crippen molar-refractivity contribution < 1.29 is 14.0 Å². The summed E-state index contributed by atoms with van der Waals surface area (Å²) < 4.78 is 5.47. The molecule has 1 atom stereocenters. The molecule has 1 saturated carbocycles. The molecule has 1 aliphatic heterocycles. The highest BCUT2D eigenvalue weighted by Crippen LogP contribution is 2.19. The maximum Gasteiger partial charge on any atom is 0.257 e. The Bertz CT molecular complexity index is 626. The first kappa shape index (κ1) is 18.0. The Hall–Kier alpha value is -1.82. The molecule has 0 spiro atoms. The first-order valence-electron chi connectivity index (χ1n) is 9.36. The number of hydrogen-bond acceptors (Lipinski definition) is 4. The van der Waals surface area contributed by atoms with Gasteiger partial charge in [0.15, 0.2) is 0 Å². The van der Waals surface area contributed by atoms with Crippen LogP contribution < -0.4 is 5.32 Å². The van der Waals surface area contributed by atoms with Gasteiger partial charge < -0.3 is 14.6 Å². The maximum absolute atomic E-state index is 12.6. The predicted octanol–water partition coefficient (Wildman–Crippen LogP) is 2.10. The summed E-state index contributed by atoms with van der Waals surface area (Å²) in [5, 5.41) is 3.17. The van der Waals surface area contributed by atoms with Crippen molar-refractivity contribution in [3.8, 4) is 0 Å². The van der Waals surface area contributed by atoms with Gasteiger partial charge >= 0.3 is 0 Å². The van der Waals surface area contributed by atoms with E-state index in [4.69, 9.17) is 4.42 Å². The lowest BCUT2D eigenvalue weighted by Gasteiger charge is -2.37. The van der Waals surface area contributed by atoms with Gasteiger partial charge in [-0.05, 0) is 39.7 Å². The van der Waals surface area contributed by atoms with Crippen LogP contribution in [0.4, 0.5) is 0 Å². The SMILES string of the molecule is Cc1cc(C(=O)N2CCN(C(C)C(=O)NC3CCCC3)CC2)c(C)o1. The molecule has 6 nitrogen and oxygen atoms in total. The minimum atomic E-state index is -0.143. The molecule has 25 heavy (non-hydrogen) atoms. The summed E-state index contributed by atoms with van der Waals surface area (Å²) in [6.07, 6.45) is 4.63. The van der Waals surface area contributed by atoms with Crippen molar-refractivity contribution in [2.45, 2.75) is 58.5 Å². The number of hydrogen-bond donors (Lipinski definition) is 1. The topological polar surface area (TPSA) is 65.8 Å². The molecule has 138 valence electrons. The zero-order valence-corrected chi connectivity index (χ0v) is 15.5. The van der Waals surface area contributed by atoms with Gasteiger partial charge in [-0.25, -0.2) is 0 Å². The number of carbonyl (C=O) groups is 2. The molecule has 1 unspecified atom stereocenters. The Morgan fingerprint density at radius 3 is 2.36 bits per heavy atom. The van der Waals surface area contributed by atoms with Crippen molar-refractivity contribution in [3.05, 3.63) is 23.2 Å². The van der Waals surface area contributed by atoms with Crippen LogP contribution in [0.15, 0.2) is 10.5 Å². The fourth-order valence-electron chi connectivity index (χ4n) is 3.88. The number of amides is 2. The van der Waals surface area contributed by atoms with Crippen molar-refractivity contribution in [2.75, 3.05) is 26.2 Å². The van der Waals surface area contributed by atoms with E-state index in [1.807, 2.05) is 31.7 Å². The lowest BCUT2D eigenvalue weighted by atomic mass is 10.1. The van der Waals surface area contributed by atoms with Crippen molar-refractivity contribution in [3.63, 3.8) is 0 Å². The van der Waals surface area contributed by atoms with E-state index >= 15 is 0 Å². The largest absolute Gasteiger partial charge is 0.466 e. The van der Waals surface area contributed by atoms with Gasteiger partial charge in [-0.2, -0.15) is 0 Å². The summed E-state index contributed by atoms with van der Waals surface area (Å²) in [6, 6.07) is 2.02. The van der Waals surface area contributed by atoms with Crippen LogP contribution in [0.1, 0.15) is 54.5 Å². The molecule has 2 aliphatic rings. The molecular weight excluding hydrogens is 318 g/mol. The molecule has 1 saturated heterocycles. The highest BCUT2D eigenvalue weighted by molar-refractivity contribution is 5.95. The van der Waals surface area contributed by atoms with Crippen molar-refractivity contribution in [1.29, 1.82) is 0 Å². The molecule has 2 amide bonds. The summed E-state index contributed by atoms with van der Waals surface area (Å²) in [7, 11) is 0. The van der Waals surface area contributed by atoms with Gasteiger partial charge in [0.1, 0.15) is 11.5 Å². The van der Waals surface area contributed by atoms with Gasteiger partial charge in [0.05, 0.1) is 11.6 Å². The van der Waals surface area contributed by atoms with Crippen LogP contribution in [0.2, 0.25) is 0 Å². The van der Waals surface area contributed by atoms with E-state index < -0.39 is 0 Å². The molecule has 0 radical (unpaired) electrons. The van der Waals surface area contributed by atoms with Gasteiger partial charge in [0.25, 0.3) is 5.91 Å². The smallest absolute Gasteiger partial charge is 0.257 e. The number of furan rings is 1. The first-order valence-corrected chi connectivity index (χ1v) is 9.36. The van der Waals surface area contributed by atoms with Crippen LogP contribution in [0, 0.1) is 13.8 Å². The molecule has 1 aromatic heterocycles. The van der Waals surface area contributed by atoms with Crippen molar-refractivity contribution in [2.24, 2.45) is 0 Å². The third kappa shape index (κ3) is 4.06. The highest BCUT2D eigenvalue weighted by atomic mass is 16.3. The summed E-state index contributed by atoms with van der Waals surface area (Å²) in [6.45, 7) is 8.37. The molecule has 2 fully saturated rings. The number of rotatable bonds is 4. The van der Waals surface area contributed by atoms with Gasteiger partial charge in [-0.3, -0.25) is 14.5 Å². The molecule has 0 aromatic carbocycles.